The van der Waals surface area contributed by atoms with Crippen molar-refractivity contribution in [1.82, 2.24) is 14.8 Å². The minimum Gasteiger partial charge on any atom is -0.324 e. The van der Waals surface area contributed by atoms with Crippen LogP contribution in [0.25, 0.3) is 0 Å². The number of amides is 1. The van der Waals surface area contributed by atoms with Crippen molar-refractivity contribution in [2.45, 2.75) is 30.5 Å². The number of para-hydroxylation sites is 1. The molecule has 0 saturated heterocycles. The molecule has 7 heteroatoms. The van der Waals surface area contributed by atoms with E-state index >= 15 is 0 Å². The summed E-state index contributed by atoms with van der Waals surface area (Å²) in [5.74, 6) is 1.82. The van der Waals surface area contributed by atoms with Crippen LogP contribution in [0.4, 0.5) is 5.69 Å². The first-order chi connectivity index (χ1) is 13.2. The summed E-state index contributed by atoms with van der Waals surface area (Å²) >= 11 is 3.66. The van der Waals surface area contributed by atoms with Gasteiger partial charge in [-0.15, -0.1) is 10.2 Å². The molecule has 2 aromatic carbocycles. The van der Waals surface area contributed by atoms with E-state index in [4.69, 9.17) is 0 Å². The molecule has 0 bridgehead atoms. The molecule has 3 aromatic rings. The minimum absolute atomic E-state index is 0.0358. The second-order valence-electron chi connectivity index (χ2n) is 6.50. The number of nitrogens with one attached hydrogen (secondary N) is 1. The zero-order valence-corrected chi connectivity index (χ0v) is 17.6. The second-order valence-corrected chi connectivity index (χ2v) is 8.61. The summed E-state index contributed by atoms with van der Waals surface area (Å²) in [5, 5.41) is 12.5. The van der Waals surface area contributed by atoms with Gasteiger partial charge in [0.05, 0.1) is 18.0 Å². The van der Waals surface area contributed by atoms with E-state index in [9.17, 15) is 4.79 Å². The van der Waals surface area contributed by atoms with Crippen LogP contribution in [0.3, 0.4) is 0 Å². The Kier molecular flexibility index (Phi) is 5.77. The van der Waals surface area contributed by atoms with E-state index in [1.165, 1.54) is 30.2 Å². The van der Waals surface area contributed by atoms with Crippen LogP contribution in [0, 0.1) is 3.57 Å². The Balaban J connectivity index is 1.45. The summed E-state index contributed by atoms with van der Waals surface area (Å²) in [5.41, 5.74) is 2.05. The number of thioether (sulfide) groups is 1. The van der Waals surface area contributed by atoms with Gasteiger partial charge in [-0.25, -0.2) is 0 Å². The Morgan fingerprint density at radius 3 is 2.59 bits per heavy atom. The third-order valence-electron chi connectivity index (χ3n) is 4.35. The topological polar surface area (TPSA) is 59.8 Å². The number of anilines is 1. The zero-order valence-electron chi connectivity index (χ0n) is 14.6. The van der Waals surface area contributed by atoms with Crippen molar-refractivity contribution >= 4 is 45.9 Å². The number of rotatable bonds is 7. The van der Waals surface area contributed by atoms with Gasteiger partial charge in [0.2, 0.25) is 5.91 Å². The van der Waals surface area contributed by atoms with Crippen molar-refractivity contribution in [3.63, 3.8) is 0 Å². The number of aromatic nitrogens is 3. The Labute approximate surface area is 176 Å². The molecule has 0 aliphatic heterocycles. The highest BCUT2D eigenvalue weighted by molar-refractivity contribution is 14.1. The number of carbonyl (C=O) groups excluding carboxylic acids is 1. The molecule has 5 nitrogen and oxygen atoms in total. The minimum atomic E-state index is -0.0358. The Morgan fingerprint density at radius 2 is 1.85 bits per heavy atom. The molecule has 0 spiro atoms. The molecule has 138 valence electrons. The maximum Gasteiger partial charge on any atom is 0.234 e. The van der Waals surface area contributed by atoms with Gasteiger partial charge < -0.3 is 9.88 Å². The standard InChI is InChI=1S/C20H19IN4OS/c21-16-8-4-5-9-17(16)22-18(26)13-27-20-24-23-19(15-10-11-15)25(20)12-14-6-2-1-3-7-14/h1-9,15H,10-13H2,(H,22,26). The summed E-state index contributed by atoms with van der Waals surface area (Å²) in [4.78, 5) is 12.4. The highest BCUT2D eigenvalue weighted by Crippen LogP contribution is 2.40. The van der Waals surface area contributed by atoms with E-state index in [0.717, 1.165) is 26.8 Å². The molecule has 0 atom stereocenters. The van der Waals surface area contributed by atoms with Gasteiger partial charge in [0.25, 0.3) is 0 Å². The predicted octanol–water partition coefficient (Wildman–Crippen LogP) is 4.54. The van der Waals surface area contributed by atoms with Gasteiger partial charge in [-0.1, -0.05) is 54.2 Å². The van der Waals surface area contributed by atoms with E-state index in [0.29, 0.717) is 11.7 Å². The van der Waals surface area contributed by atoms with E-state index in [2.05, 4.69) is 54.8 Å². The molecule has 27 heavy (non-hydrogen) atoms. The molecular formula is C20H19IN4OS. The van der Waals surface area contributed by atoms with Crippen molar-refractivity contribution < 1.29 is 4.79 Å². The maximum absolute atomic E-state index is 12.4. The lowest BCUT2D eigenvalue weighted by molar-refractivity contribution is -0.113. The summed E-state index contributed by atoms with van der Waals surface area (Å²) in [6.07, 6.45) is 2.34. The van der Waals surface area contributed by atoms with E-state index in [-0.39, 0.29) is 5.91 Å². The monoisotopic (exact) mass is 490 g/mol. The molecule has 4 rings (SSSR count). The molecule has 1 heterocycles. The molecule has 1 aromatic heterocycles. The first-order valence-electron chi connectivity index (χ1n) is 8.85. The molecule has 1 fully saturated rings. The van der Waals surface area contributed by atoms with Crippen LogP contribution in [0.1, 0.15) is 30.1 Å². The van der Waals surface area contributed by atoms with Gasteiger partial charge in [0.15, 0.2) is 5.16 Å². The smallest absolute Gasteiger partial charge is 0.234 e. The van der Waals surface area contributed by atoms with Crippen molar-refractivity contribution in [1.29, 1.82) is 0 Å². The molecular weight excluding hydrogens is 471 g/mol. The van der Waals surface area contributed by atoms with E-state index in [1.54, 1.807) is 0 Å². The first kappa shape index (κ1) is 18.5. The number of benzene rings is 2. The fourth-order valence-corrected chi connectivity index (χ4v) is 4.11. The van der Waals surface area contributed by atoms with Crippen molar-refractivity contribution in [3.05, 3.63) is 69.6 Å². The van der Waals surface area contributed by atoms with E-state index in [1.807, 2.05) is 42.5 Å². The Hall–Kier alpha value is -1.87. The van der Waals surface area contributed by atoms with Crippen molar-refractivity contribution in [2.24, 2.45) is 0 Å². The lowest BCUT2D eigenvalue weighted by Crippen LogP contribution is -2.15. The average Bonchev–Trinajstić information content (AvgIpc) is 3.45. The van der Waals surface area contributed by atoms with Crippen LogP contribution < -0.4 is 5.32 Å². The molecule has 1 saturated carbocycles. The van der Waals surface area contributed by atoms with Gasteiger partial charge >= 0.3 is 0 Å². The van der Waals surface area contributed by atoms with Crippen LogP contribution in [0.15, 0.2) is 59.8 Å². The second kappa shape index (κ2) is 8.43. The molecule has 0 radical (unpaired) electrons. The SMILES string of the molecule is O=C(CSc1nnc(C2CC2)n1Cc1ccccc1)Nc1ccccc1I. The van der Waals surface area contributed by atoms with Crippen LogP contribution in [-0.2, 0) is 11.3 Å². The highest BCUT2D eigenvalue weighted by Gasteiger charge is 2.30. The fraction of sp³-hybridized carbons (Fsp3) is 0.250. The normalized spacial score (nSPS) is 13.5. The van der Waals surface area contributed by atoms with Crippen LogP contribution >= 0.6 is 34.4 Å². The zero-order chi connectivity index (χ0) is 18.6. The lowest BCUT2D eigenvalue weighted by atomic mass is 10.2. The van der Waals surface area contributed by atoms with Gasteiger partial charge in [0, 0.05) is 9.49 Å². The van der Waals surface area contributed by atoms with Gasteiger partial charge in [0.1, 0.15) is 5.82 Å². The van der Waals surface area contributed by atoms with Gasteiger partial charge in [-0.05, 0) is 53.1 Å². The maximum atomic E-state index is 12.4. The van der Waals surface area contributed by atoms with Crippen LogP contribution in [0.2, 0.25) is 0 Å². The Morgan fingerprint density at radius 1 is 1.11 bits per heavy atom. The summed E-state index contributed by atoms with van der Waals surface area (Å²) in [6.45, 7) is 0.736. The largest absolute Gasteiger partial charge is 0.324 e. The third-order valence-corrected chi connectivity index (χ3v) is 6.26. The van der Waals surface area contributed by atoms with Crippen molar-refractivity contribution in [3.8, 4) is 0 Å². The van der Waals surface area contributed by atoms with Crippen molar-refractivity contribution in [2.75, 3.05) is 11.1 Å². The van der Waals surface area contributed by atoms with Crippen LogP contribution in [-0.4, -0.2) is 26.4 Å². The number of halogens is 1. The number of hydrogen-bond donors (Lipinski definition) is 1. The number of nitrogens with zero attached hydrogens (tertiary/aromatic N) is 3. The molecule has 0 unspecified atom stereocenters. The Bertz CT molecular complexity index is 940. The van der Waals surface area contributed by atoms with Crippen LogP contribution in [0.5, 0.6) is 0 Å². The summed E-state index contributed by atoms with van der Waals surface area (Å²) in [6, 6.07) is 18.1. The summed E-state index contributed by atoms with van der Waals surface area (Å²) < 4.78 is 3.19. The highest BCUT2D eigenvalue weighted by atomic mass is 127. The predicted molar refractivity (Wildman–Crippen MR) is 116 cm³/mol. The molecule has 1 aliphatic rings. The quantitative estimate of drug-likeness (QED) is 0.391. The third kappa shape index (κ3) is 4.70. The number of carbonyl (C=O) groups is 1. The molecule has 1 aliphatic carbocycles. The number of hydrogen-bond acceptors (Lipinski definition) is 4. The summed E-state index contributed by atoms with van der Waals surface area (Å²) in [7, 11) is 0. The first-order valence-corrected chi connectivity index (χ1v) is 10.9. The van der Waals surface area contributed by atoms with Gasteiger partial charge in [-0.2, -0.15) is 0 Å². The van der Waals surface area contributed by atoms with E-state index < -0.39 is 0 Å². The van der Waals surface area contributed by atoms with Gasteiger partial charge in [-0.3, -0.25) is 4.79 Å². The fourth-order valence-electron chi connectivity index (χ4n) is 2.84. The molecule has 1 amide bonds. The lowest BCUT2D eigenvalue weighted by Gasteiger charge is -2.10. The molecule has 1 N–H and O–H groups in total. The average molecular weight is 490 g/mol.